The first-order valence-corrected chi connectivity index (χ1v) is 18.3. The molecule has 16 nitrogen and oxygen atoms in total. The summed E-state index contributed by atoms with van der Waals surface area (Å²) in [6.45, 7) is 9.08. The van der Waals surface area contributed by atoms with E-state index in [1.807, 2.05) is 0 Å². The van der Waals surface area contributed by atoms with Crippen molar-refractivity contribution in [3.8, 4) is 22.8 Å². The number of rotatable bonds is 7. The number of nitrogens with one attached hydrogen (secondary N) is 2. The number of halogens is 6. The quantitative estimate of drug-likeness (QED) is 0.196. The van der Waals surface area contributed by atoms with Crippen LogP contribution in [-0.4, -0.2) is 76.0 Å². The second kappa shape index (κ2) is 14.6. The van der Waals surface area contributed by atoms with Crippen LogP contribution in [0.4, 0.5) is 41.6 Å². The van der Waals surface area contributed by atoms with E-state index < -0.39 is 104 Å². The fourth-order valence-corrected chi connectivity index (χ4v) is 6.83. The fraction of sp³-hybridized carbons (Fsp3) is 0.441. The van der Waals surface area contributed by atoms with Crippen molar-refractivity contribution in [2.75, 3.05) is 10.7 Å². The molecule has 2 N–H and O–H groups in total. The monoisotopic (exact) mass is 831 g/mol. The first kappa shape index (κ1) is 42.4. The van der Waals surface area contributed by atoms with E-state index in [4.69, 9.17) is 13.9 Å². The number of carbonyl (C=O) groups is 3. The molecule has 23 heteroatoms. The van der Waals surface area contributed by atoms with Gasteiger partial charge in [-0.05, 0) is 72.2 Å². The van der Waals surface area contributed by atoms with Crippen molar-refractivity contribution in [2.24, 2.45) is 0 Å². The lowest BCUT2D eigenvalue weighted by Crippen LogP contribution is -2.55. The molecule has 3 heterocycles. The molecule has 5 rings (SSSR count). The van der Waals surface area contributed by atoms with Crippen molar-refractivity contribution < 1.29 is 67.6 Å². The normalized spacial score (nSPS) is 17.2. The number of amides is 3. The molecule has 308 valence electrons. The number of sulfone groups is 1. The van der Waals surface area contributed by atoms with Crippen LogP contribution in [0.25, 0.3) is 22.8 Å². The highest BCUT2D eigenvalue weighted by molar-refractivity contribution is 7.91. The summed E-state index contributed by atoms with van der Waals surface area (Å²) in [6, 6.07) is 6.96. The number of ether oxygens (including phenoxy) is 2. The lowest BCUT2D eigenvalue weighted by atomic mass is 10.0. The molecule has 0 radical (unpaired) electrons. The Morgan fingerprint density at radius 1 is 0.860 bits per heavy atom. The average molecular weight is 832 g/mol. The molecule has 4 aromatic rings. The Kier molecular flexibility index (Phi) is 10.9. The molecule has 1 unspecified atom stereocenters. The van der Waals surface area contributed by atoms with E-state index in [-0.39, 0.29) is 22.4 Å². The van der Waals surface area contributed by atoms with E-state index >= 15 is 0 Å². The minimum atomic E-state index is -5.20. The van der Waals surface area contributed by atoms with E-state index in [1.165, 1.54) is 65.8 Å². The lowest BCUT2D eigenvalue weighted by Gasteiger charge is -2.30. The minimum absolute atomic E-state index is 0.0918. The van der Waals surface area contributed by atoms with Crippen molar-refractivity contribution in [3.63, 3.8) is 0 Å². The molecule has 3 amide bonds. The van der Waals surface area contributed by atoms with Crippen molar-refractivity contribution >= 4 is 33.6 Å². The first-order chi connectivity index (χ1) is 26.1. The summed E-state index contributed by atoms with van der Waals surface area (Å²) in [6.07, 6.45) is -12.7. The van der Waals surface area contributed by atoms with Crippen LogP contribution in [0.5, 0.6) is 0 Å². The van der Waals surface area contributed by atoms with Gasteiger partial charge in [-0.1, -0.05) is 29.4 Å². The zero-order valence-corrected chi connectivity index (χ0v) is 31.9. The number of benzene rings is 2. The zero-order chi connectivity index (χ0) is 42.5. The second-order valence-electron chi connectivity index (χ2n) is 14.9. The standard InChI is InChI=1S/C34H35F6N7O9S/c1-30(2,3)54-28(49)41-20-16-57(51,52)22-13-12-19(24-44-45-26(53-24)32(7,34(38,39)40)43-29(50)55-31(4,5)6)14-21(22)47(25(20)48)15-17-8-10-18(11-9-17)23-42-27(56-46-23)33(35,36)37/h8-14,20H,15-16H2,1-7H3,(H,41,49)(H,43,50)/t20-,32?/m0/s1. The van der Waals surface area contributed by atoms with Crippen LogP contribution in [0.1, 0.15) is 65.8 Å². The van der Waals surface area contributed by atoms with E-state index in [2.05, 4.69) is 30.2 Å². The van der Waals surface area contributed by atoms with Crippen molar-refractivity contribution in [1.29, 1.82) is 0 Å². The van der Waals surface area contributed by atoms with Gasteiger partial charge in [-0.25, -0.2) is 18.0 Å². The van der Waals surface area contributed by atoms with Crippen LogP contribution in [0, 0.1) is 0 Å². The van der Waals surface area contributed by atoms with Crippen LogP contribution >= 0.6 is 0 Å². The van der Waals surface area contributed by atoms with Gasteiger partial charge in [-0.2, -0.15) is 31.3 Å². The van der Waals surface area contributed by atoms with Crippen molar-refractivity contribution in [3.05, 3.63) is 59.8 Å². The van der Waals surface area contributed by atoms with Gasteiger partial charge in [0.1, 0.15) is 17.2 Å². The number of carbonyl (C=O) groups excluding carboxylic acids is 3. The number of hydrogen-bond donors (Lipinski definition) is 2. The van der Waals surface area contributed by atoms with Gasteiger partial charge in [0.05, 0.1) is 22.9 Å². The molecule has 1 aliphatic heterocycles. The highest BCUT2D eigenvalue weighted by Crippen LogP contribution is 2.41. The number of nitrogens with zero attached hydrogens (tertiary/aromatic N) is 5. The van der Waals surface area contributed by atoms with Gasteiger partial charge in [-0.3, -0.25) is 10.1 Å². The summed E-state index contributed by atoms with van der Waals surface area (Å²) in [5.41, 5.74) is -5.56. The maximum absolute atomic E-state index is 14.4. The van der Waals surface area contributed by atoms with Gasteiger partial charge >= 0.3 is 30.4 Å². The molecular formula is C34H35F6N7O9S. The second-order valence-corrected chi connectivity index (χ2v) is 16.9. The summed E-state index contributed by atoms with van der Waals surface area (Å²) < 4.78 is 130. The molecule has 2 atom stereocenters. The van der Waals surface area contributed by atoms with Crippen LogP contribution in [0.2, 0.25) is 0 Å². The highest BCUT2D eigenvalue weighted by atomic mass is 32.2. The summed E-state index contributed by atoms with van der Waals surface area (Å²) in [4.78, 5) is 43.3. The maximum Gasteiger partial charge on any atom is 0.471 e. The Hall–Kier alpha value is -5.74. The molecule has 0 fully saturated rings. The van der Waals surface area contributed by atoms with Crippen LogP contribution < -0.4 is 15.5 Å². The van der Waals surface area contributed by atoms with E-state index in [9.17, 15) is 49.1 Å². The Morgan fingerprint density at radius 3 is 2.02 bits per heavy atom. The first-order valence-electron chi connectivity index (χ1n) is 16.7. The summed E-state index contributed by atoms with van der Waals surface area (Å²) >= 11 is 0. The third-order valence-corrected chi connectivity index (χ3v) is 9.65. The Bertz CT molecular complexity index is 2280. The number of alkyl carbamates (subject to hydrolysis) is 2. The van der Waals surface area contributed by atoms with Crippen LogP contribution in [0.3, 0.4) is 0 Å². The lowest BCUT2D eigenvalue weighted by molar-refractivity contribution is -0.199. The third-order valence-electron chi connectivity index (χ3n) is 7.86. The molecule has 0 spiro atoms. The number of fused-ring (bicyclic) bond motifs is 1. The van der Waals surface area contributed by atoms with Gasteiger partial charge in [0.25, 0.3) is 11.8 Å². The van der Waals surface area contributed by atoms with E-state index in [0.29, 0.717) is 6.92 Å². The molecule has 2 aromatic heterocycles. The summed E-state index contributed by atoms with van der Waals surface area (Å²) in [5, 5.41) is 14.5. The van der Waals surface area contributed by atoms with Crippen LogP contribution in [-0.2, 0) is 42.4 Å². The van der Waals surface area contributed by atoms with Gasteiger partial charge in [0.2, 0.25) is 17.3 Å². The molecule has 0 bridgehead atoms. The zero-order valence-electron chi connectivity index (χ0n) is 31.1. The van der Waals surface area contributed by atoms with Gasteiger partial charge < -0.3 is 28.6 Å². The third kappa shape index (κ3) is 9.63. The molecule has 0 aliphatic carbocycles. The Morgan fingerprint density at radius 2 is 1.46 bits per heavy atom. The smallest absolute Gasteiger partial charge is 0.444 e. The molecular weight excluding hydrogens is 796 g/mol. The number of anilines is 1. The van der Waals surface area contributed by atoms with Crippen molar-refractivity contribution in [2.45, 2.75) is 95.0 Å². The molecule has 1 aliphatic rings. The Balaban J connectivity index is 1.56. The summed E-state index contributed by atoms with van der Waals surface area (Å²) in [7, 11) is -4.42. The number of aromatic nitrogens is 4. The molecule has 0 saturated carbocycles. The van der Waals surface area contributed by atoms with Crippen LogP contribution in [0.15, 0.2) is 56.3 Å². The fourth-order valence-electron chi connectivity index (χ4n) is 5.22. The highest BCUT2D eigenvalue weighted by Gasteiger charge is 2.58. The van der Waals surface area contributed by atoms with Gasteiger partial charge in [0, 0.05) is 11.1 Å². The van der Waals surface area contributed by atoms with E-state index in [0.717, 1.165) is 23.1 Å². The SMILES string of the molecule is CC(C)(C)OC(=O)N[C@H]1CS(=O)(=O)c2ccc(-c3nnc(C(C)(NC(=O)OC(C)(C)C)C(F)(F)F)o3)cc2N(Cc2ccc(-c3noc(C(F)(F)F)n3)cc2)C1=O. The molecule has 0 saturated heterocycles. The predicted molar refractivity (Wildman–Crippen MR) is 184 cm³/mol. The number of hydrogen-bond acceptors (Lipinski definition) is 13. The Labute approximate surface area is 320 Å². The largest absolute Gasteiger partial charge is 0.471 e. The molecule has 2 aromatic carbocycles. The van der Waals surface area contributed by atoms with Gasteiger partial charge in [0.15, 0.2) is 9.84 Å². The average Bonchev–Trinajstić information content (AvgIpc) is 3.75. The van der Waals surface area contributed by atoms with Crippen molar-refractivity contribution in [1.82, 2.24) is 31.0 Å². The topological polar surface area (TPSA) is 209 Å². The maximum atomic E-state index is 14.4. The van der Waals surface area contributed by atoms with Gasteiger partial charge in [-0.15, -0.1) is 10.2 Å². The minimum Gasteiger partial charge on any atom is -0.444 e. The van der Waals surface area contributed by atoms with E-state index in [1.54, 1.807) is 5.32 Å². The molecule has 57 heavy (non-hydrogen) atoms. The predicted octanol–water partition coefficient (Wildman–Crippen LogP) is 6.32. The number of alkyl halides is 6. The summed E-state index contributed by atoms with van der Waals surface area (Å²) in [5.74, 6) is -5.56.